The van der Waals surface area contributed by atoms with Crippen LogP contribution < -0.4 is 10.6 Å². The third-order valence-corrected chi connectivity index (χ3v) is 7.14. The number of halogens is 2. The number of fused-ring (bicyclic) bond motifs is 1. The van der Waals surface area contributed by atoms with Gasteiger partial charge in [-0.1, -0.05) is 6.92 Å². The first-order valence-electron chi connectivity index (χ1n) is 11.7. The molecule has 0 spiro atoms. The van der Waals surface area contributed by atoms with Crippen LogP contribution in [0.2, 0.25) is 0 Å². The van der Waals surface area contributed by atoms with Crippen molar-refractivity contribution in [3.8, 4) is 16.9 Å². The number of ether oxygens (including phenoxy) is 1. The molecule has 1 aliphatic rings. The molecule has 0 aromatic carbocycles. The Balaban J connectivity index is 1.59. The van der Waals surface area contributed by atoms with E-state index in [1.165, 1.54) is 28.2 Å². The van der Waals surface area contributed by atoms with Crippen LogP contribution in [0, 0.1) is 0 Å². The van der Waals surface area contributed by atoms with Gasteiger partial charge in [0.15, 0.2) is 11.4 Å². The van der Waals surface area contributed by atoms with Crippen molar-refractivity contribution in [1.29, 1.82) is 0 Å². The summed E-state index contributed by atoms with van der Waals surface area (Å²) in [5.74, 6) is -3.89. The normalized spacial score (nSPS) is 19.7. The first kappa shape index (κ1) is 25.8. The monoisotopic (exact) mass is 521 g/mol. The highest BCUT2D eigenvalue weighted by molar-refractivity contribution is 7.14. The average molecular weight is 522 g/mol. The fourth-order valence-corrected chi connectivity index (χ4v) is 5.31. The van der Waals surface area contributed by atoms with E-state index in [1.807, 2.05) is 6.92 Å². The van der Waals surface area contributed by atoms with Crippen LogP contribution >= 0.6 is 11.3 Å². The quantitative estimate of drug-likeness (QED) is 0.454. The smallest absolute Gasteiger partial charge is 0.407 e. The van der Waals surface area contributed by atoms with Crippen molar-refractivity contribution in [2.75, 3.05) is 0 Å². The lowest BCUT2D eigenvalue weighted by atomic mass is 9.86. The number of aryl methyl sites for hydroxylation is 1. The van der Waals surface area contributed by atoms with Gasteiger partial charge in [0.2, 0.25) is 0 Å². The molecule has 0 unspecified atom stereocenters. The Hall–Kier alpha value is -3.28. The Morgan fingerprint density at radius 3 is 2.72 bits per heavy atom. The molecule has 3 heterocycles. The number of nitrogens with zero attached hydrogens (tertiary/aromatic N) is 3. The van der Waals surface area contributed by atoms with Crippen LogP contribution in [-0.2, 0) is 11.2 Å². The van der Waals surface area contributed by atoms with Crippen molar-refractivity contribution in [3.63, 3.8) is 0 Å². The van der Waals surface area contributed by atoms with E-state index in [4.69, 9.17) is 4.74 Å². The standard InChI is InChI=1S/C24H29F2N5O4S/c1-5-17-14(15-11-28-31-12-13(32)10-27-20(15)31)9-18(36-17)21(33)30-19-16(7-6-8-24(19,25)26)29-22(34)35-23(2,3)4/h9-12,16,19,32H,5-8H2,1-4H3,(H,29,34)(H,30,33)/t16-,19-/m1/s1. The Morgan fingerprint density at radius 2 is 2.03 bits per heavy atom. The summed E-state index contributed by atoms with van der Waals surface area (Å²) in [6.45, 7) is 6.98. The van der Waals surface area contributed by atoms with E-state index in [0.29, 0.717) is 17.6 Å². The molecule has 3 N–H and O–H groups in total. The number of thiophene rings is 1. The third-order valence-electron chi connectivity index (χ3n) is 5.86. The molecule has 0 saturated heterocycles. The minimum Gasteiger partial charge on any atom is -0.505 e. The van der Waals surface area contributed by atoms with Gasteiger partial charge < -0.3 is 20.5 Å². The van der Waals surface area contributed by atoms with Crippen LogP contribution in [0.3, 0.4) is 0 Å². The number of alkyl carbamates (subject to hydrolysis) is 1. The molecule has 0 aliphatic heterocycles. The van der Waals surface area contributed by atoms with Crippen molar-refractivity contribution in [1.82, 2.24) is 25.2 Å². The molecule has 9 nitrogen and oxygen atoms in total. The van der Waals surface area contributed by atoms with Crippen LogP contribution in [0.25, 0.3) is 16.8 Å². The lowest BCUT2D eigenvalue weighted by Gasteiger charge is -2.38. The van der Waals surface area contributed by atoms with E-state index in [0.717, 1.165) is 10.4 Å². The van der Waals surface area contributed by atoms with E-state index in [2.05, 4.69) is 20.7 Å². The van der Waals surface area contributed by atoms with Gasteiger partial charge in [-0.3, -0.25) is 4.79 Å². The van der Waals surface area contributed by atoms with Gasteiger partial charge in [-0.15, -0.1) is 11.3 Å². The summed E-state index contributed by atoms with van der Waals surface area (Å²) < 4.78 is 36.5. The van der Waals surface area contributed by atoms with E-state index < -0.39 is 35.6 Å². The highest BCUT2D eigenvalue weighted by atomic mass is 32.1. The molecule has 0 bridgehead atoms. The van der Waals surface area contributed by atoms with Crippen LogP contribution in [-0.4, -0.2) is 55.3 Å². The topological polar surface area (TPSA) is 118 Å². The van der Waals surface area contributed by atoms with Gasteiger partial charge in [0.25, 0.3) is 11.8 Å². The van der Waals surface area contributed by atoms with Crippen LogP contribution in [0.5, 0.6) is 5.75 Å². The number of hydrogen-bond acceptors (Lipinski definition) is 7. The van der Waals surface area contributed by atoms with Gasteiger partial charge in [-0.05, 0) is 46.1 Å². The first-order valence-corrected chi connectivity index (χ1v) is 12.5. The number of aromatic nitrogens is 3. The van der Waals surface area contributed by atoms with Gasteiger partial charge in [0.1, 0.15) is 11.6 Å². The number of carbonyl (C=O) groups is 2. The Morgan fingerprint density at radius 1 is 1.28 bits per heavy atom. The summed E-state index contributed by atoms with van der Waals surface area (Å²) in [6, 6.07) is -0.917. The predicted molar refractivity (Wildman–Crippen MR) is 131 cm³/mol. The zero-order valence-corrected chi connectivity index (χ0v) is 21.3. The molecular weight excluding hydrogens is 492 g/mol. The van der Waals surface area contributed by atoms with Gasteiger partial charge in [0.05, 0.1) is 29.5 Å². The van der Waals surface area contributed by atoms with Crippen molar-refractivity contribution < 1.29 is 28.2 Å². The molecule has 12 heteroatoms. The molecule has 1 fully saturated rings. The second-order valence-corrected chi connectivity index (χ2v) is 10.9. The lowest BCUT2D eigenvalue weighted by Crippen LogP contribution is -2.62. The van der Waals surface area contributed by atoms with Crippen molar-refractivity contribution >= 4 is 29.0 Å². The zero-order chi connectivity index (χ0) is 26.3. The first-order chi connectivity index (χ1) is 16.9. The molecule has 36 heavy (non-hydrogen) atoms. The minimum absolute atomic E-state index is 0.0406. The zero-order valence-electron chi connectivity index (χ0n) is 20.5. The van der Waals surface area contributed by atoms with Crippen molar-refractivity contribution in [3.05, 3.63) is 34.4 Å². The fourth-order valence-electron chi connectivity index (χ4n) is 4.29. The molecule has 1 saturated carbocycles. The van der Waals surface area contributed by atoms with E-state index in [9.17, 15) is 23.5 Å². The van der Waals surface area contributed by atoms with Gasteiger partial charge in [-0.2, -0.15) is 5.10 Å². The van der Waals surface area contributed by atoms with Crippen molar-refractivity contribution in [2.45, 2.75) is 77.0 Å². The Kier molecular flexibility index (Phi) is 6.91. The molecule has 3 aromatic heterocycles. The summed E-state index contributed by atoms with van der Waals surface area (Å²) in [7, 11) is 0. The number of rotatable bonds is 5. The summed E-state index contributed by atoms with van der Waals surface area (Å²) in [5, 5.41) is 18.9. The molecule has 3 aromatic rings. The molecule has 2 amide bonds. The molecule has 4 rings (SSSR count). The number of alkyl halides is 2. The van der Waals surface area contributed by atoms with Gasteiger partial charge in [-0.25, -0.2) is 23.1 Å². The third kappa shape index (κ3) is 5.43. The van der Waals surface area contributed by atoms with Crippen LogP contribution in [0.15, 0.2) is 24.7 Å². The summed E-state index contributed by atoms with van der Waals surface area (Å²) in [6.07, 6.45) is 4.21. The summed E-state index contributed by atoms with van der Waals surface area (Å²) in [4.78, 5) is 30.8. The van der Waals surface area contributed by atoms with Crippen LogP contribution in [0.4, 0.5) is 13.6 Å². The summed E-state index contributed by atoms with van der Waals surface area (Å²) >= 11 is 1.21. The minimum atomic E-state index is -3.20. The van der Waals surface area contributed by atoms with Crippen LogP contribution in [0.1, 0.15) is 61.5 Å². The number of nitrogens with one attached hydrogen (secondary N) is 2. The molecule has 2 atom stereocenters. The second kappa shape index (κ2) is 9.64. The number of aromatic hydroxyl groups is 1. The largest absolute Gasteiger partial charge is 0.505 e. The number of amides is 2. The fraction of sp³-hybridized carbons (Fsp3) is 0.500. The predicted octanol–water partition coefficient (Wildman–Crippen LogP) is 4.54. The molecule has 194 valence electrons. The number of carbonyl (C=O) groups excluding carboxylic acids is 2. The lowest BCUT2D eigenvalue weighted by molar-refractivity contribution is -0.0723. The van der Waals surface area contributed by atoms with Crippen molar-refractivity contribution in [2.24, 2.45) is 0 Å². The SMILES string of the molecule is CCc1sc(C(=O)N[C@@H]2[C@H](NC(=O)OC(C)(C)C)CCCC2(F)F)cc1-c1cnn2cc(O)cnc12. The van der Waals surface area contributed by atoms with E-state index in [1.54, 1.807) is 33.0 Å². The number of hydrogen-bond donors (Lipinski definition) is 3. The Bertz CT molecular complexity index is 1280. The summed E-state index contributed by atoms with van der Waals surface area (Å²) in [5.41, 5.74) is 1.09. The maximum Gasteiger partial charge on any atom is 0.407 e. The average Bonchev–Trinajstić information content (AvgIpc) is 3.37. The highest BCUT2D eigenvalue weighted by Gasteiger charge is 2.48. The molecule has 1 aliphatic carbocycles. The van der Waals surface area contributed by atoms with E-state index >= 15 is 0 Å². The highest BCUT2D eigenvalue weighted by Crippen LogP contribution is 2.37. The molecule has 0 radical (unpaired) electrons. The maximum atomic E-state index is 14.9. The second-order valence-electron chi connectivity index (χ2n) is 9.80. The van der Waals surface area contributed by atoms with E-state index in [-0.39, 0.29) is 29.9 Å². The van der Waals surface area contributed by atoms with Gasteiger partial charge in [0, 0.05) is 22.4 Å². The van der Waals surface area contributed by atoms with Gasteiger partial charge >= 0.3 is 6.09 Å². The molecular formula is C24H29F2N5O4S. The Labute approximate surface area is 210 Å². The maximum absolute atomic E-state index is 14.9.